The zero-order chi connectivity index (χ0) is 15.5. The maximum absolute atomic E-state index is 13.0. The second-order valence-corrected chi connectivity index (χ2v) is 7.13. The van der Waals surface area contributed by atoms with Crippen molar-refractivity contribution in [2.75, 3.05) is 0 Å². The highest BCUT2D eigenvalue weighted by atomic mass is 19.1. The van der Waals surface area contributed by atoms with Gasteiger partial charge < -0.3 is 4.90 Å². The minimum Gasteiger partial charge on any atom is -0.334 e. The Hall–Kier alpha value is -1.38. The van der Waals surface area contributed by atoms with Crippen molar-refractivity contribution < 1.29 is 9.18 Å². The average molecular weight is 291 g/mol. The molecule has 0 radical (unpaired) electrons. The smallest absolute Gasteiger partial charge is 0.223 e. The van der Waals surface area contributed by atoms with Crippen molar-refractivity contribution in [3.8, 4) is 0 Å². The van der Waals surface area contributed by atoms with E-state index in [1.165, 1.54) is 37.8 Å². The number of halogens is 1. The second-order valence-electron chi connectivity index (χ2n) is 7.13. The summed E-state index contributed by atoms with van der Waals surface area (Å²) in [6.07, 6.45) is 5.52. The summed E-state index contributed by atoms with van der Waals surface area (Å²) in [5, 5.41) is 0. The summed E-state index contributed by atoms with van der Waals surface area (Å²) in [5.41, 5.74) is 0.760. The zero-order valence-corrected chi connectivity index (χ0v) is 13.4. The monoisotopic (exact) mass is 291 g/mol. The molecule has 1 amide bonds. The normalized spacial score (nSPS) is 16.2. The van der Waals surface area contributed by atoms with Crippen molar-refractivity contribution in [1.82, 2.24) is 4.90 Å². The van der Waals surface area contributed by atoms with E-state index in [0.717, 1.165) is 5.56 Å². The average Bonchev–Trinajstić information content (AvgIpc) is 2.89. The molecule has 0 aliphatic heterocycles. The summed E-state index contributed by atoms with van der Waals surface area (Å²) in [5.74, 6) is 0.535. The standard InChI is InChI=1S/C18H26FNO/c1-18(2,3)20(13-15-8-10-16(19)11-9-15)17(21)12-14-6-4-5-7-14/h8-11,14H,4-7,12-13H2,1-3H3. The van der Waals surface area contributed by atoms with Crippen molar-refractivity contribution >= 4 is 5.91 Å². The molecule has 1 saturated carbocycles. The van der Waals surface area contributed by atoms with Crippen LogP contribution >= 0.6 is 0 Å². The molecule has 1 aromatic carbocycles. The molecular weight excluding hydrogens is 265 g/mol. The Morgan fingerprint density at radius 1 is 1.19 bits per heavy atom. The van der Waals surface area contributed by atoms with Crippen LogP contribution in [0.5, 0.6) is 0 Å². The number of carbonyl (C=O) groups is 1. The van der Waals surface area contributed by atoms with Crippen LogP contribution in [0.2, 0.25) is 0 Å². The van der Waals surface area contributed by atoms with E-state index in [9.17, 15) is 9.18 Å². The number of carbonyl (C=O) groups excluding carboxylic acids is 1. The van der Waals surface area contributed by atoms with Gasteiger partial charge >= 0.3 is 0 Å². The maximum atomic E-state index is 13.0. The Morgan fingerprint density at radius 3 is 2.29 bits per heavy atom. The van der Waals surface area contributed by atoms with Gasteiger partial charge in [-0.15, -0.1) is 0 Å². The summed E-state index contributed by atoms with van der Waals surface area (Å²) in [6.45, 7) is 6.73. The lowest BCUT2D eigenvalue weighted by atomic mass is 9.99. The van der Waals surface area contributed by atoms with E-state index < -0.39 is 0 Å². The van der Waals surface area contributed by atoms with Crippen LogP contribution in [0.3, 0.4) is 0 Å². The van der Waals surface area contributed by atoms with Crippen molar-refractivity contribution in [1.29, 1.82) is 0 Å². The number of amides is 1. The zero-order valence-electron chi connectivity index (χ0n) is 13.4. The van der Waals surface area contributed by atoms with E-state index in [-0.39, 0.29) is 17.3 Å². The highest BCUT2D eigenvalue weighted by Gasteiger charge is 2.29. The topological polar surface area (TPSA) is 20.3 Å². The van der Waals surface area contributed by atoms with Gasteiger partial charge in [0.1, 0.15) is 5.82 Å². The number of benzene rings is 1. The first kappa shape index (κ1) is 16.0. The third-order valence-electron chi connectivity index (χ3n) is 4.30. The highest BCUT2D eigenvalue weighted by Crippen LogP contribution is 2.29. The van der Waals surface area contributed by atoms with Gasteiger partial charge in [-0.1, -0.05) is 25.0 Å². The van der Waals surface area contributed by atoms with E-state index in [2.05, 4.69) is 20.8 Å². The largest absolute Gasteiger partial charge is 0.334 e. The van der Waals surface area contributed by atoms with Crippen molar-refractivity contribution in [3.63, 3.8) is 0 Å². The van der Waals surface area contributed by atoms with Gasteiger partial charge in [0.15, 0.2) is 0 Å². The Bertz CT molecular complexity index is 469. The molecule has 0 aromatic heterocycles. The van der Waals surface area contributed by atoms with Crippen molar-refractivity contribution in [2.24, 2.45) is 5.92 Å². The first-order chi connectivity index (χ1) is 9.86. The molecule has 116 valence electrons. The molecule has 0 atom stereocenters. The predicted octanol–water partition coefficient (Wildman–Crippen LogP) is 4.53. The number of nitrogens with zero attached hydrogens (tertiary/aromatic N) is 1. The van der Waals surface area contributed by atoms with Crippen LogP contribution in [-0.4, -0.2) is 16.3 Å². The molecule has 0 saturated heterocycles. The Balaban J connectivity index is 2.06. The lowest BCUT2D eigenvalue weighted by Crippen LogP contribution is -2.45. The summed E-state index contributed by atoms with van der Waals surface area (Å²) < 4.78 is 13.0. The molecule has 1 fully saturated rings. The fraction of sp³-hybridized carbons (Fsp3) is 0.611. The first-order valence-electron chi connectivity index (χ1n) is 7.91. The predicted molar refractivity (Wildman–Crippen MR) is 83.3 cm³/mol. The molecule has 2 nitrogen and oxygen atoms in total. The lowest BCUT2D eigenvalue weighted by Gasteiger charge is -2.36. The number of hydrogen-bond donors (Lipinski definition) is 0. The molecule has 0 bridgehead atoms. The second kappa shape index (κ2) is 6.59. The molecule has 1 aliphatic carbocycles. The van der Waals surface area contributed by atoms with Gasteiger partial charge in [-0.25, -0.2) is 4.39 Å². The van der Waals surface area contributed by atoms with E-state index in [1.54, 1.807) is 12.1 Å². The minimum atomic E-state index is -0.238. The molecule has 1 aromatic rings. The summed E-state index contributed by atoms with van der Waals surface area (Å²) in [7, 11) is 0. The van der Waals surface area contributed by atoms with Gasteiger partial charge in [0.2, 0.25) is 5.91 Å². The van der Waals surface area contributed by atoms with Crippen molar-refractivity contribution in [2.45, 2.75) is 65.0 Å². The quantitative estimate of drug-likeness (QED) is 0.798. The van der Waals surface area contributed by atoms with Crippen LogP contribution < -0.4 is 0 Å². The Kier molecular flexibility index (Phi) is 5.02. The molecule has 3 heteroatoms. The fourth-order valence-electron chi connectivity index (χ4n) is 3.04. The number of rotatable bonds is 4. The SMILES string of the molecule is CC(C)(C)N(Cc1ccc(F)cc1)C(=O)CC1CCCC1. The Labute approximate surface area is 127 Å². The Morgan fingerprint density at radius 2 is 1.76 bits per heavy atom. The molecule has 0 N–H and O–H groups in total. The lowest BCUT2D eigenvalue weighted by molar-refractivity contribution is -0.137. The van der Waals surface area contributed by atoms with E-state index in [1.807, 2.05) is 4.90 Å². The summed E-state index contributed by atoms with van der Waals surface area (Å²) >= 11 is 0. The first-order valence-corrected chi connectivity index (χ1v) is 7.91. The van der Waals surface area contributed by atoms with Gasteiger partial charge in [-0.2, -0.15) is 0 Å². The summed E-state index contributed by atoms with van der Waals surface area (Å²) in [6, 6.07) is 6.43. The maximum Gasteiger partial charge on any atom is 0.223 e. The third-order valence-corrected chi connectivity index (χ3v) is 4.30. The van der Waals surface area contributed by atoms with Gasteiger partial charge in [-0.3, -0.25) is 4.79 Å². The van der Waals surface area contributed by atoms with E-state index in [0.29, 0.717) is 18.9 Å². The third kappa shape index (κ3) is 4.55. The highest BCUT2D eigenvalue weighted by molar-refractivity contribution is 5.77. The van der Waals surface area contributed by atoms with Gasteiger partial charge in [0.25, 0.3) is 0 Å². The van der Waals surface area contributed by atoms with Gasteiger partial charge in [0.05, 0.1) is 0 Å². The van der Waals surface area contributed by atoms with Crippen LogP contribution in [0.25, 0.3) is 0 Å². The molecule has 0 unspecified atom stereocenters. The fourth-order valence-corrected chi connectivity index (χ4v) is 3.04. The van der Waals surface area contributed by atoms with Crippen LogP contribution in [-0.2, 0) is 11.3 Å². The van der Waals surface area contributed by atoms with E-state index in [4.69, 9.17) is 0 Å². The van der Waals surface area contributed by atoms with Crippen molar-refractivity contribution in [3.05, 3.63) is 35.6 Å². The van der Waals surface area contributed by atoms with E-state index >= 15 is 0 Å². The molecular formula is C18H26FNO. The van der Waals surface area contributed by atoms with Crippen LogP contribution in [0.1, 0.15) is 58.4 Å². The van der Waals surface area contributed by atoms with Gasteiger partial charge in [-0.05, 0) is 57.2 Å². The molecule has 21 heavy (non-hydrogen) atoms. The summed E-state index contributed by atoms with van der Waals surface area (Å²) in [4.78, 5) is 14.6. The molecule has 0 heterocycles. The van der Waals surface area contributed by atoms with Crippen LogP contribution in [0.4, 0.5) is 4.39 Å². The molecule has 0 spiro atoms. The molecule has 1 aliphatic rings. The minimum absolute atomic E-state index is 0.218. The molecule has 2 rings (SSSR count). The van der Waals surface area contributed by atoms with Crippen LogP contribution in [0.15, 0.2) is 24.3 Å². The van der Waals surface area contributed by atoms with Crippen LogP contribution in [0, 0.1) is 11.7 Å². The van der Waals surface area contributed by atoms with Gasteiger partial charge in [0, 0.05) is 18.5 Å². The number of hydrogen-bond acceptors (Lipinski definition) is 1.